The number of oxazole rings is 1. The summed E-state index contributed by atoms with van der Waals surface area (Å²) in [5, 5.41) is 0. The van der Waals surface area contributed by atoms with E-state index in [0.717, 1.165) is 41.8 Å². The van der Waals surface area contributed by atoms with E-state index in [9.17, 15) is 4.79 Å². The third kappa shape index (κ3) is 4.79. The van der Waals surface area contributed by atoms with Crippen LogP contribution in [-0.2, 0) is 22.4 Å². The molecule has 0 spiro atoms. The molecular weight excluding hydrogens is 392 g/mol. The average molecular weight is 421 g/mol. The Bertz CT molecular complexity index is 1010. The summed E-state index contributed by atoms with van der Waals surface area (Å²) in [5.74, 6) is 1.91. The van der Waals surface area contributed by atoms with E-state index in [1.807, 2.05) is 56.3 Å². The lowest BCUT2D eigenvalue weighted by Gasteiger charge is -2.39. The number of benzene rings is 1. The van der Waals surface area contributed by atoms with Crippen LogP contribution in [0.1, 0.15) is 43.2 Å². The highest BCUT2D eigenvalue weighted by Crippen LogP contribution is 2.44. The molecule has 1 aromatic carbocycles. The van der Waals surface area contributed by atoms with Crippen LogP contribution in [0.5, 0.6) is 5.88 Å². The SMILES string of the molecule is CCOC(=O)C1(Cc2ccc(OCCc3nc(-c4ccccc4)oc3C)nc2)CCC1. The fourth-order valence-corrected chi connectivity index (χ4v) is 3.95. The summed E-state index contributed by atoms with van der Waals surface area (Å²) in [7, 11) is 0. The smallest absolute Gasteiger partial charge is 0.312 e. The van der Waals surface area contributed by atoms with Gasteiger partial charge in [0.2, 0.25) is 11.8 Å². The highest BCUT2D eigenvalue weighted by molar-refractivity contribution is 5.78. The van der Waals surface area contributed by atoms with E-state index in [4.69, 9.17) is 13.9 Å². The number of ether oxygens (including phenoxy) is 2. The summed E-state index contributed by atoms with van der Waals surface area (Å²) in [4.78, 5) is 21.4. The maximum absolute atomic E-state index is 12.3. The standard InChI is InChI=1S/C25H28N2O4/c1-3-29-24(28)25(13-7-14-25)16-19-10-11-22(26-17-19)30-15-12-21-18(2)31-23(27-21)20-8-5-4-6-9-20/h4-6,8-11,17H,3,7,12-16H2,1-2H3. The molecule has 0 radical (unpaired) electrons. The summed E-state index contributed by atoms with van der Waals surface area (Å²) >= 11 is 0. The van der Waals surface area contributed by atoms with Crippen molar-refractivity contribution in [2.45, 2.75) is 46.0 Å². The van der Waals surface area contributed by atoms with Crippen molar-refractivity contribution in [3.8, 4) is 17.3 Å². The van der Waals surface area contributed by atoms with Gasteiger partial charge in [0, 0.05) is 24.2 Å². The molecule has 0 amide bonds. The first kappa shape index (κ1) is 21.1. The molecule has 0 atom stereocenters. The third-order valence-electron chi connectivity index (χ3n) is 5.86. The lowest BCUT2D eigenvalue weighted by molar-refractivity contribution is -0.161. The zero-order valence-electron chi connectivity index (χ0n) is 18.1. The topological polar surface area (TPSA) is 74.5 Å². The first-order valence-corrected chi connectivity index (χ1v) is 10.9. The molecule has 0 aliphatic heterocycles. The second-order valence-corrected chi connectivity index (χ2v) is 8.02. The molecule has 2 aromatic heterocycles. The van der Waals surface area contributed by atoms with E-state index in [-0.39, 0.29) is 11.4 Å². The Labute approximate surface area is 182 Å². The number of pyridine rings is 1. The first-order valence-electron chi connectivity index (χ1n) is 10.9. The molecule has 6 nitrogen and oxygen atoms in total. The van der Waals surface area contributed by atoms with Crippen molar-refractivity contribution in [3.05, 3.63) is 65.7 Å². The summed E-state index contributed by atoms with van der Waals surface area (Å²) in [6, 6.07) is 13.7. The lowest BCUT2D eigenvalue weighted by Crippen LogP contribution is -2.41. The molecule has 1 aliphatic rings. The minimum absolute atomic E-state index is 0.0839. The van der Waals surface area contributed by atoms with Crippen molar-refractivity contribution in [2.24, 2.45) is 5.41 Å². The van der Waals surface area contributed by atoms with Crippen LogP contribution in [0.4, 0.5) is 0 Å². The van der Waals surface area contributed by atoms with Crippen LogP contribution < -0.4 is 4.74 Å². The van der Waals surface area contributed by atoms with Crippen molar-refractivity contribution < 1.29 is 18.7 Å². The molecular formula is C25H28N2O4. The third-order valence-corrected chi connectivity index (χ3v) is 5.86. The first-order chi connectivity index (χ1) is 15.1. The van der Waals surface area contributed by atoms with Crippen molar-refractivity contribution in [2.75, 3.05) is 13.2 Å². The van der Waals surface area contributed by atoms with E-state index < -0.39 is 0 Å². The quantitative estimate of drug-likeness (QED) is 0.456. The van der Waals surface area contributed by atoms with Crippen LogP contribution in [0.15, 0.2) is 53.1 Å². The maximum Gasteiger partial charge on any atom is 0.312 e. The van der Waals surface area contributed by atoms with Gasteiger partial charge in [-0.2, -0.15) is 0 Å². The van der Waals surface area contributed by atoms with Crippen molar-refractivity contribution >= 4 is 5.97 Å². The van der Waals surface area contributed by atoms with Crippen molar-refractivity contribution in [1.82, 2.24) is 9.97 Å². The summed E-state index contributed by atoms with van der Waals surface area (Å²) in [6.07, 6.45) is 5.93. The van der Waals surface area contributed by atoms with Crippen molar-refractivity contribution in [1.29, 1.82) is 0 Å². The average Bonchev–Trinajstić information content (AvgIpc) is 3.13. The molecule has 6 heteroatoms. The van der Waals surface area contributed by atoms with Gasteiger partial charge in [0.25, 0.3) is 0 Å². The Morgan fingerprint density at radius 3 is 2.61 bits per heavy atom. The molecule has 1 saturated carbocycles. The Morgan fingerprint density at radius 2 is 1.97 bits per heavy atom. The van der Waals surface area contributed by atoms with Gasteiger partial charge in [0.1, 0.15) is 5.76 Å². The number of carbonyl (C=O) groups is 1. The van der Waals surface area contributed by atoms with Crippen LogP contribution in [-0.4, -0.2) is 29.2 Å². The normalized spacial score (nSPS) is 14.6. The van der Waals surface area contributed by atoms with Gasteiger partial charge >= 0.3 is 5.97 Å². The largest absolute Gasteiger partial charge is 0.477 e. The molecule has 0 unspecified atom stereocenters. The number of nitrogens with zero attached hydrogens (tertiary/aromatic N) is 2. The summed E-state index contributed by atoms with van der Waals surface area (Å²) < 4.78 is 16.9. The molecule has 4 rings (SSSR count). The minimum Gasteiger partial charge on any atom is -0.477 e. The zero-order chi connectivity index (χ0) is 21.7. The fraction of sp³-hybridized carbons (Fsp3) is 0.400. The molecule has 1 aliphatic carbocycles. The predicted molar refractivity (Wildman–Crippen MR) is 117 cm³/mol. The van der Waals surface area contributed by atoms with E-state index in [2.05, 4.69) is 9.97 Å². The zero-order valence-corrected chi connectivity index (χ0v) is 18.1. The van der Waals surface area contributed by atoms with E-state index in [1.165, 1.54) is 0 Å². The van der Waals surface area contributed by atoms with Gasteiger partial charge in [-0.3, -0.25) is 4.79 Å². The number of aryl methyl sites for hydroxylation is 1. The van der Waals surface area contributed by atoms with Crippen LogP contribution in [0.3, 0.4) is 0 Å². The van der Waals surface area contributed by atoms with Crippen molar-refractivity contribution in [3.63, 3.8) is 0 Å². The van der Waals surface area contributed by atoms with Crippen LogP contribution >= 0.6 is 0 Å². The lowest BCUT2D eigenvalue weighted by atomic mass is 9.65. The number of hydrogen-bond donors (Lipinski definition) is 0. The van der Waals surface area contributed by atoms with Crippen LogP contribution in [0.2, 0.25) is 0 Å². The van der Waals surface area contributed by atoms with Gasteiger partial charge in [0.05, 0.1) is 24.3 Å². The van der Waals surface area contributed by atoms with Gasteiger partial charge in [-0.15, -0.1) is 0 Å². The second-order valence-electron chi connectivity index (χ2n) is 8.02. The second kappa shape index (κ2) is 9.33. The van der Waals surface area contributed by atoms with Crippen LogP contribution in [0.25, 0.3) is 11.5 Å². The van der Waals surface area contributed by atoms with Gasteiger partial charge in [0.15, 0.2) is 0 Å². The number of aromatic nitrogens is 2. The van der Waals surface area contributed by atoms with Gasteiger partial charge in [-0.05, 0) is 50.8 Å². The number of carbonyl (C=O) groups excluding carboxylic acids is 1. The molecule has 0 N–H and O–H groups in total. The minimum atomic E-state index is -0.374. The maximum atomic E-state index is 12.3. The Balaban J connectivity index is 1.31. The molecule has 1 fully saturated rings. The van der Waals surface area contributed by atoms with Crippen LogP contribution in [0, 0.1) is 12.3 Å². The Kier molecular flexibility index (Phi) is 6.35. The molecule has 2 heterocycles. The molecule has 31 heavy (non-hydrogen) atoms. The Morgan fingerprint density at radius 1 is 1.16 bits per heavy atom. The van der Waals surface area contributed by atoms with E-state index in [1.54, 1.807) is 6.20 Å². The summed E-state index contributed by atoms with van der Waals surface area (Å²) in [6.45, 7) is 4.65. The highest BCUT2D eigenvalue weighted by Gasteiger charge is 2.45. The van der Waals surface area contributed by atoms with Gasteiger partial charge in [-0.1, -0.05) is 30.7 Å². The fourth-order valence-electron chi connectivity index (χ4n) is 3.95. The molecule has 3 aromatic rings. The highest BCUT2D eigenvalue weighted by atomic mass is 16.5. The van der Waals surface area contributed by atoms with Gasteiger partial charge < -0.3 is 13.9 Å². The van der Waals surface area contributed by atoms with E-state index in [0.29, 0.717) is 37.8 Å². The molecule has 0 saturated heterocycles. The van der Waals surface area contributed by atoms with E-state index >= 15 is 0 Å². The molecule has 0 bridgehead atoms. The predicted octanol–water partition coefficient (Wildman–Crippen LogP) is 4.94. The number of hydrogen-bond acceptors (Lipinski definition) is 6. The number of rotatable bonds is 9. The molecule has 162 valence electrons. The van der Waals surface area contributed by atoms with Gasteiger partial charge in [-0.25, -0.2) is 9.97 Å². The Hall–Kier alpha value is -3.15. The monoisotopic (exact) mass is 420 g/mol. The summed E-state index contributed by atoms with van der Waals surface area (Å²) in [5.41, 5.74) is 2.50. The number of esters is 1.